The summed E-state index contributed by atoms with van der Waals surface area (Å²) >= 11 is 0. The zero-order valence-electron chi connectivity index (χ0n) is 12.5. The number of carbonyl (C=O) groups excluding carboxylic acids is 1. The van der Waals surface area contributed by atoms with Gasteiger partial charge in [0.2, 0.25) is 0 Å². The number of hydrogen-bond acceptors (Lipinski definition) is 2. The van der Waals surface area contributed by atoms with Crippen molar-refractivity contribution in [2.24, 2.45) is 11.8 Å². The molecule has 0 saturated heterocycles. The molecule has 2 atom stereocenters. The number of carbonyl (C=O) groups is 2. The number of rotatable bonds is 4. The maximum atomic E-state index is 11.9. The minimum absolute atomic E-state index is 0.0788. The Morgan fingerprint density at radius 3 is 2.40 bits per heavy atom. The van der Waals surface area contributed by atoms with Crippen LogP contribution in [-0.4, -0.2) is 29.2 Å². The fourth-order valence-corrected chi connectivity index (χ4v) is 2.99. The maximum Gasteiger partial charge on any atom is 0.330 e. The second-order valence-corrected chi connectivity index (χ2v) is 5.46. The van der Waals surface area contributed by atoms with Crippen LogP contribution < -0.4 is 10.6 Å². The Labute approximate surface area is 120 Å². The lowest BCUT2D eigenvalue weighted by molar-refractivity contribution is -0.151. The molecule has 5 nitrogen and oxygen atoms in total. The van der Waals surface area contributed by atoms with Gasteiger partial charge >= 0.3 is 12.0 Å². The first-order valence-electron chi connectivity index (χ1n) is 7.14. The van der Waals surface area contributed by atoms with Gasteiger partial charge in [-0.15, -0.1) is 11.8 Å². The highest BCUT2D eigenvalue weighted by molar-refractivity contribution is 5.87. The molecule has 0 aromatic carbocycles. The van der Waals surface area contributed by atoms with Crippen LogP contribution in [0.1, 0.15) is 46.5 Å². The zero-order chi connectivity index (χ0) is 15.2. The quantitative estimate of drug-likeness (QED) is 0.544. The highest BCUT2D eigenvalue weighted by Crippen LogP contribution is 2.38. The molecule has 112 valence electrons. The van der Waals surface area contributed by atoms with E-state index in [1.54, 1.807) is 6.92 Å². The molecule has 0 radical (unpaired) electrons. The van der Waals surface area contributed by atoms with E-state index in [1.165, 1.54) is 0 Å². The molecule has 0 bridgehead atoms. The molecule has 20 heavy (non-hydrogen) atoms. The first-order valence-corrected chi connectivity index (χ1v) is 7.14. The van der Waals surface area contributed by atoms with E-state index in [9.17, 15) is 14.7 Å². The third-order valence-corrected chi connectivity index (χ3v) is 4.22. The molecule has 1 aliphatic carbocycles. The number of amides is 2. The number of hydrogen-bond donors (Lipinski definition) is 3. The Bertz CT molecular complexity index is 413. The third kappa shape index (κ3) is 3.44. The summed E-state index contributed by atoms with van der Waals surface area (Å²) in [7, 11) is 0. The van der Waals surface area contributed by atoms with Crippen LogP contribution >= 0.6 is 0 Å². The average molecular weight is 280 g/mol. The molecule has 1 saturated carbocycles. The van der Waals surface area contributed by atoms with Crippen LogP contribution in [0.25, 0.3) is 0 Å². The van der Waals surface area contributed by atoms with E-state index in [-0.39, 0.29) is 11.8 Å². The number of carboxylic acid groups (broad SMARTS) is 1. The zero-order valence-corrected chi connectivity index (χ0v) is 12.5. The molecule has 0 heterocycles. The summed E-state index contributed by atoms with van der Waals surface area (Å²) in [5, 5.41) is 15.0. The van der Waals surface area contributed by atoms with Crippen molar-refractivity contribution >= 4 is 12.0 Å². The summed E-state index contributed by atoms with van der Waals surface area (Å²) in [4.78, 5) is 23.7. The van der Waals surface area contributed by atoms with Crippen LogP contribution in [0.15, 0.2) is 0 Å². The van der Waals surface area contributed by atoms with E-state index in [2.05, 4.69) is 22.5 Å². The lowest BCUT2D eigenvalue weighted by atomic mass is 9.67. The van der Waals surface area contributed by atoms with Crippen molar-refractivity contribution in [2.45, 2.75) is 52.0 Å². The second-order valence-electron chi connectivity index (χ2n) is 5.46. The Morgan fingerprint density at radius 2 is 1.90 bits per heavy atom. The van der Waals surface area contributed by atoms with Crippen molar-refractivity contribution in [2.75, 3.05) is 6.54 Å². The fourth-order valence-electron chi connectivity index (χ4n) is 2.99. The van der Waals surface area contributed by atoms with Gasteiger partial charge in [0, 0.05) is 13.0 Å². The van der Waals surface area contributed by atoms with Gasteiger partial charge in [-0.05, 0) is 31.6 Å². The Balaban J connectivity index is 2.72. The molecule has 1 aliphatic rings. The largest absolute Gasteiger partial charge is 0.479 e. The first-order chi connectivity index (χ1) is 9.45. The van der Waals surface area contributed by atoms with E-state index in [1.807, 2.05) is 13.8 Å². The molecule has 3 N–H and O–H groups in total. The van der Waals surface area contributed by atoms with Gasteiger partial charge in [-0.25, -0.2) is 9.59 Å². The summed E-state index contributed by atoms with van der Waals surface area (Å²) in [6.07, 6.45) is 3.21. The predicted molar refractivity (Wildman–Crippen MR) is 77.1 cm³/mol. The van der Waals surface area contributed by atoms with Crippen LogP contribution in [0.3, 0.4) is 0 Å². The molecule has 0 aliphatic heterocycles. The number of aliphatic carboxylic acids is 1. The van der Waals surface area contributed by atoms with E-state index in [4.69, 9.17) is 0 Å². The van der Waals surface area contributed by atoms with Crippen molar-refractivity contribution in [3.8, 4) is 11.8 Å². The van der Waals surface area contributed by atoms with Gasteiger partial charge in [-0.1, -0.05) is 20.3 Å². The molecule has 2 amide bonds. The Kier molecular flexibility index (Phi) is 5.87. The fraction of sp³-hybridized carbons (Fsp3) is 0.733. The van der Waals surface area contributed by atoms with Gasteiger partial charge in [0.05, 0.1) is 0 Å². The molecular formula is C15H24N2O3. The van der Waals surface area contributed by atoms with E-state index >= 15 is 0 Å². The normalized spacial score (nSPS) is 28.9. The minimum Gasteiger partial charge on any atom is -0.479 e. The maximum absolute atomic E-state index is 11.9. The average Bonchev–Trinajstić information content (AvgIpc) is 2.39. The number of carboxylic acids is 1. The highest BCUT2D eigenvalue weighted by Gasteiger charge is 2.51. The summed E-state index contributed by atoms with van der Waals surface area (Å²) in [5.74, 6) is 4.49. The molecule has 0 aromatic rings. The van der Waals surface area contributed by atoms with Crippen LogP contribution in [0.5, 0.6) is 0 Å². The van der Waals surface area contributed by atoms with Crippen LogP contribution in [0, 0.1) is 23.7 Å². The van der Waals surface area contributed by atoms with E-state index < -0.39 is 17.5 Å². The van der Waals surface area contributed by atoms with Gasteiger partial charge < -0.3 is 15.7 Å². The molecule has 1 rings (SSSR count). The lowest BCUT2D eigenvalue weighted by Gasteiger charge is -2.44. The number of urea groups is 1. The molecule has 2 unspecified atom stereocenters. The van der Waals surface area contributed by atoms with Crippen LogP contribution in [0.2, 0.25) is 0 Å². The molecule has 0 spiro atoms. The summed E-state index contributed by atoms with van der Waals surface area (Å²) in [6, 6.07) is -0.425. The highest BCUT2D eigenvalue weighted by atomic mass is 16.4. The van der Waals surface area contributed by atoms with Gasteiger partial charge in [-0.2, -0.15) is 0 Å². The summed E-state index contributed by atoms with van der Waals surface area (Å²) in [5.41, 5.74) is -1.17. The van der Waals surface area contributed by atoms with Crippen molar-refractivity contribution < 1.29 is 14.7 Å². The van der Waals surface area contributed by atoms with Gasteiger partial charge in [0.25, 0.3) is 0 Å². The molecular weight excluding hydrogens is 256 g/mol. The Hall–Kier alpha value is -1.70. The smallest absolute Gasteiger partial charge is 0.330 e. The lowest BCUT2D eigenvalue weighted by Crippen LogP contribution is -2.65. The van der Waals surface area contributed by atoms with Crippen molar-refractivity contribution in [3.63, 3.8) is 0 Å². The Morgan fingerprint density at radius 1 is 1.30 bits per heavy atom. The van der Waals surface area contributed by atoms with Gasteiger partial charge in [-0.3, -0.25) is 0 Å². The van der Waals surface area contributed by atoms with E-state index in [0.717, 1.165) is 19.3 Å². The SMILES string of the molecule is CC#CCCNC(=O)NC1(C(=O)O)C(C)CCCC1C. The van der Waals surface area contributed by atoms with Crippen molar-refractivity contribution in [3.05, 3.63) is 0 Å². The van der Waals surface area contributed by atoms with Gasteiger partial charge in [0.15, 0.2) is 0 Å². The van der Waals surface area contributed by atoms with E-state index in [0.29, 0.717) is 13.0 Å². The third-order valence-electron chi connectivity index (χ3n) is 4.22. The number of nitrogens with one attached hydrogen (secondary N) is 2. The second kappa shape index (κ2) is 7.18. The van der Waals surface area contributed by atoms with Crippen molar-refractivity contribution in [1.82, 2.24) is 10.6 Å². The summed E-state index contributed by atoms with van der Waals surface area (Å²) in [6.45, 7) is 5.95. The first kappa shape index (κ1) is 16.4. The molecule has 0 aromatic heterocycles. The monoisotopic (exact) mass is 280 g/mol. The predicted octanol–water partition coefficient (Wildman–Crippen LogP) is 1.98. The molecule has 1 fully saturated rings. The van der Waals surface area contributed by atoms with Crippen LogP contribution in [-0.2, 0) is 4.79 Å². The van der Waals surface area contributed by atoms with Crippen LogP contribution in [0.4, 0.5) is 4.79 Å². The van der Waals surface area contributed by atoms with Crippen molar-refractivity contribution in [1.29, 1.82) is 0 Å². The summed E-state index contributed by atoms with van der Waals surface area (Å²) < 4.78 is 0. The molecule has 5 heteroatoms. The minimum atomic E-state index is -1.17. The van der Waals surface area contributed by atoms with Gasteiger partial charge in [0.1, 0.15) is 5.54 Å². The topological polar surface area (TPSA) is 78.4 Å². The standard InChI is InChI=1S/C15H24N2O3/c1-4-5-6-10-16-14(20)17-15(13(18)19)11(2)8-7-9-12(15)3/h11-12H,6-10H2,1-3H3,(H,18,19)(H2,16,17,20).